The van der Waals surface area contributed by atoms with Crippen molar-refractivity contribution in [2.24, 2.45) is 0 Å². The van der Waals surface area contributed by atoms with Gasteiger partial charge in [0.05, 0.1) is 0 Å². The van der Waals surface area contributed by atoms with E-state index in [0.29, 0.717) is 5.56 Å². The maximum absolute atomic E-state index is 11.5. The van der Waals surface area contributed by atoms with Gasteiger partial charge in [0.2, 0.25) is 11.6 Å². The first-order valence-electron chi connectivity index (χ1n) is 3.95. The number of hydrogen-bond donors (Lipinski definition) is 1. The van der Waals surface area contributed by atoms with E-state index >= 15 is 0 Å². The molecule has 0 saturated carbocycles. The molecule has 0 radical (unpaired) electrons. The van der Waals surface area contributed by atoms with E-state index in [4.69, 9.17) is 0 Å². The van der Waals surface area contributed by atoms with Gasteiger partial charge in [-0.1, -0.05) is 30.3 Å². The summed E-state index contributed by atoms with van der Waals surface area (Å²) in [6, 6.07) is 8.54. The average molecular weight is 180 g/mol. The highest BCUT2D eigenvalue weighted by Gasteiger charge is 2.30. The van der Waals surface area contributed by atoms with Gasteiger partial charge < -0.3 is 9.84 Å². The number of rotatable bonds is 3. The number of hydrogen-bond acceptors (Lipinski definition) is 3. The molecule has 3 heteroatoms. The molecule has 13 heavy (non-hydrogen) atoms. The first-order chi connectivity index (χ1) is 6.08. The van der Waals surface area contributed by atoms with Gasteiger partial charge in [-0.2, -0.15) is 0 Å². The SMILES string of the molecule is COC(C)(O)C(=O)c1ccccc1. The van der Waals surface area contributed by atoms with Gasteiger partial charge in [-0.05, 0) is 6.92 Å². The Hall–Kier alpha value is -1.19. The topological polar surface area (TPSA) is 46.5 Å². The van der Waals surface area contributed by atoms with Crippen LogP contribution >= 0.6 is 0 Å². The number of ether oxygens (including phenoxy) is 1. The monoisotopic (exact) mass is 180 g/mol. The third kappa shape index (κ3) is 2.14. The number of benzene rings is 1. The number of Topliss-reactive ketones (excluding diaryl/α,β-unsaturated/α-hetero) is 1. The predicted molar refractivity (Wildman–Crippen MR) is 48.4 cm³/mol. The zero-order chi connectivity index (χ0) is 9.90. The Labute approximate surface area is 77.0 Å². The van der Waals surface area contributed by atoms with Crippen molar-refractivity contribution in [2.75, 3.05) is 7.11 Å². The second kappa shape index (κ2) is 3.68. The van der Waals surface area contributed by atoms with Crippen LogP contribution in [-0.2, 0) is 4.74 Å². The fourth-order valence-corrected chi connectivity index (χ4v) is 0.950. The predicted octanol–water partition coefficient (Wildman–Crippen LogP) is 1.22. The zero-order valence-corrected chi connectivity index (χ0v) is 7.65. The number of carbonyl (C=O) groups is 1. The summed E-state index contributed by atoms with van der Waals surface area (Å²) < 4.78 is 4.66. The maximum atomic E-state index is 11.5. The molecule has 3 nitrogen and oxygen atoms in total. The molecule has 1 aromatic carbocycles. The molecule has 1 aromatic rings. The van der Waals surface area contributed by atoms with Crippen molar-refractivity contribution >= 4 is 5.78 Å². The van der Waals surface area contributed by atoms with Gasteiger partial charge in [-0.3, -0.25) is 4.79 Å². The summed E-state index contributed by atoms with van der Waals surface area (Å²) in [5, 5.41) is 9.47. The van der Waals surface area contributed by atoms with Gasteiger partial charge >= 0.3 is 0 Å². The zero-order valence-electron chi connectivity index (χ0n) is 7.65. The molecule has 0 heterocycles. The highest BCUT2D eigenvalue weighted by Crippen LogP contribution is 2.13. The molecule has 0 aliphatic heterocycles. The Bertz CT molecular complexity index is 290. The van der Waals surface area contributed by atoms with Crippen LogP contribution in [0.3, 0.4) is 0 Å². The van der Waals surface area contributed by atoms with Gasteiger partial charge in [0.15, 0.2) is 0 Å². The smallest absolute Gasteiger partial charge is 0.228 e. The summed E-state index contributed by atoms with van der Waals surface area (Å²) >= 11 is 0. The fraction of sp³-hybridized carbons (Fsp3) is 0.300. The summed E-state index contributed by atoms with van der Waals surface area (Å²) in [6.07, 6.45) is 0. The molecule has 70 valence electrons. The van der Waals surface area contributed by atoms with Crippen LogP contribution in [0, 0.1) is 0 Å². The minimum absolute atomic E-state index is 0.435. The van der Waals surface area contributed by atoms with Crippen molar-refractivity contribution in [3.63, 3.8) is 0 Å². The molecule has 1 atom stereocenters. The summed E-state index contributed by atoms with van der Waals surface area (Å²) in [5.74, 6) is -2.17. The van der Waals surface area contributed by atoms with E-state index in [1.807, 2.05) is 0 Å². The Kier molecular flexibility index (Phi) is 2.80. The van der Waals surface area contributed by atoms with Crippen molar-refractivity contribution in [3.05, 3.63) is 35.9 Å². The fourth-order valence-electron chi connectivity index (χ4n) is 0.950. The molecule has 0 aromatic heterocycles. The molecule has 1 rings (SSSR count). The Morgan fingerprint density at radius 1 is 1.38 bits per heavy atom. The lowest BCUT2D eigenvalue weighted by molar-refractivity contribution is -0.132. The largest absolute Gasteiger partial charge is 0.359 e. The van der Waals surface area contributed by atoms with E-state index < -0.39 is 11.6 Å². The van der Waals surface area contributed by atoms with Crippen molar-refractivity contribution in [1.29, 1.82) is 0 Å². The van der Waals surface area contributed by atoms with E-state index in [-0.39, 0.29) is 0 Å². The number of methoxy groups -OCH3 is 1. The van der Waals surface area contributed by atoms with Crippen LogP contribution in [0.15, 0.2) is 30.3 Å². The first-order valence-corrected chi connectivity index (χ1v) is 3.95. The van der Waals surface area contributed by atoms with Gasteiger partial charge in [0.1, 0.15) is 0 Å². The summed E-state index contributed by atoms with van der Waals surface area (Å²) in [7, 11) is 1.29. The minimum Gasteiger partial charge on any atom is -0.359 e. The maximum Gasteiger partial charge on any atom is 0.228 e. The molecule has 1 N–H and O–H groups in total. The highest BCUT2D eigenvalue weighted by atomic mass is 16.6. The molecule has 0 bridgehead atoms. The molecule has 0 aliphatic carbocycles. The quantitative estimate of drug-likeness (QED) is 0.562. The highest BCUT2D eigenvalue weighted by molar-refractivity contribution is 6.00. The molecular formula is C10H12O3. The van der Waals surface area contributed by atoms with E-state index in [1.54, 1.807) is 30.3 Å². The average Bonchev–Trinajstić information content (AvgIpc) is 2.18. The van der Waals surface area contributed by atoms with Crippen molar-refractivity contribution in [3.8, 4) is 0 Å². The van der Waals surface area contributed by atoms with Gasteiger partial charge in [0.25, 0.3) is 0 Å². The lowest BCUT2D eigenvalue weighted by Gasteiger charge is -2.19. The van der Waals surface area contributed by atoms with Crippen LogP contribution in [0.2, 0.25) is 0 Å². The molecular weight excluding hydrogens is 168 g/mol. The number of carbonyl (C=O) groups excluding carboxylic acids is 1. The third-order valence-corrected chi connectivity index (χ3v) is 1.85. The third-order valence-electron chi connectivity index (χ3n) is 1.85. The Morgan fingerprint density at radius 2 is 1.92 bits per heavy atom. The van der Waals surface area contributed by atoms with Crippen LogP contribution in [0.5, 0.6) is 0 Å². The normalized spacial score (nSPS) is 15.0. The summed E-state index contributed by atoms with van der Waals surface area (Å²) in [6.45, 7) is 1.32. The van der Waals surface area contributed by atoms with Crippen molar-refractivity contribution < 1.29 is 14.6 Å². The van der Waals surface area contributed by atoms with Crippen molar-refractivity contribution in [2.45, 2.75) is 12.7 Å². The van der Waals surface area contributed by atoms with Crippen LogP contribution in [0.25, 0.3) is 0 Å². The molecule has 0 aliphatic rings. The second-order valence-corrected chi connectivity index (χ2v) is 2.88. The second-order valence-electron chi connectivity index (χ2n) is 2.88. The van der Waals surface area contributed by atoms with Gasteiger partial charge in [-0.25, -0.2) is 0 Å². The van der Waals surface area contributed by atoms with E-state index in [1.165, 1.54) is 14.0 Å². The van der Waals surface area contributed by atoms with Crippen LogP contribution in [-0.4, -0.2) is 23.8 Å². The van der Waals surface area contributed by atoms with E-state index in [9.17, 15) is 9.90 Å². The van der Waals surface area contributed by atoms with Crippen LogP contribution in [0.4, 0.5) is 0 Å². The molecule has 0 saturated heterocycles. The summed E-state index contributed by atoms with van der Waals surface area (Å²) in [5.41, 5.74) is 0.439. The van der Waals surface area contributed by atoms with Gasteiger partial charge in [-0.15, -0.1) is 0 Å². The number of ketones is 1. The minimum atomic E-state index is -1.73. The Balaban J connectivity index is 2.93. The van der Waals surface area contributed by atoms with Crippen LogP contribution < -0.4 is 0 Å². The molecule has 0 fully saturated rings. The summed E-state index contributed by atoms with van der Waals surface area (Å²) in [4.78, 5) is 11.5. The number of aliphatic hydroxyl groups is 1. The lowest BCUT2D eigenvalue weighted by Crippen LogP contribution is -2.36. The van der Waals surface area contributed by atoms with E-state index in [2.05, 4.69) is 4.74 Å². The van der Waals surface area contributed by atoms with Gasteiger partial charge in [0, 0.05) is 12.7 Å². The molecule has 1 unspecified atom stereocenters. The lowest BCUT2D eigenvalue weighted by atomic mass is 10.1. The molecule has 0 amide bonds. The van der Waals surface area contributed by atoms with E-state index in [0.717, 1.165) is 0 Å². The standard InChI is InChI=1S/C10H12O3/c1-10(12,13-2)9(11)8-6-4-3-5-7-8/h3-7,12H,1-2H3. The first kappa shape index (κ1) is 9.89. The van der Waals surface area contributed by atoms with Crippen LogP contribution in [0.1, 0.15) is 17.3 Å². The molecule has 0 spiro atoms. The van der Waals surface area contributed by atoms with Crippen molar-refractivity contribution in [1.82, 2.24) is 0 Å². The Morgan fingerprint density at radius 3 is 2.38 bits per heavy atom.